The number of hydrogen-bond acceptors (Lipinski definition) is 8. The van der Waals surface area contributed by atoms with E-state index >= 15 is 0 Å². The number of aliphatic hydroxyl groups is 1. The van der Waals surface area contributed by atoms with Gasteiger partial charge in [-0.1, -0.05) is 0 Å². The van der Waals surface area contributed by atoms with Gasteiger partial charge in [-0.3, -0.25) is 0 Å². The van der Waals surface area contributed by atoms with Crippen LogP contribution in [0, 0.1) is 0 Å². The zero-order valence-corrected chi connectivity index (χ0v) is 19.3. The molecule has 0 aliphatic heterocycles. The van der Waals surface area contributed by atoms with Crippen LogP contribution in [0.3, 0.4) is 0 Å². The third-order valence-electron chi connectivity index (χ3n) is 5.88. The van der Waals surface area contributed by atoms with Crippen molar-refractivity contribution >= 4 is 21.3 Å². The molecule has 1 aliphatic rings. The zero-order chi connectivity index (χ0) is 22.9. The minimum atomic E-state index is -3.37. The van der Waals surface area contributed by atoms with Crippen molar-refractivity contribution in [3.63, 3.8) is 0 Å². The van der Waals surface area contributed by atoms with E-state index in [0.29, 0.717) is 12.6 Å². The SMILES string of the molecule is COC[C@H](C)Nc1ncc2c(-c3ccc(S(C)(=O)=O)nc3)cc([C@H]3CC[C@H](O)CC3)n2n1. The molecule has 0 saturated heterocycles. The average Bonchev–Trinajstić information content (AvgIpc) is 3.13. The Morgan fingerprint density at radius 1 is 1.22 bits per heavy atom. The van der Waals surface area contributed by atoms with Crippen LogP contribution in [0.1, 0.15) is 44.2 Å². The Labute approximate surface area is 187 Å². The Morgan fingerprint density at radius 3 is 2.59 bits per heavy atom. The molecule has 3 aromatic heterocycles. The van der Waals surface area contributed by atoms with Gasteiger partial charge < -0.3 is 15.2 Å². The number of pyridine rings is 1. The quantitative estimate of drug-likeness (QED) is 0.554. The van der Waals surface area contributed by atoms with Crippen molar-refractivity contribution in [2.45, 2.75) is 55.7 Å². The number of ether oxygens (including phenoxy) is 1. The third-order valence-corrected chi connectivity index (χ3v) is 6.88. The van der Waals surface area contributed by atoms with Gasteiger partial charge in [0.25, 0.3) is 0 Å². The third kappa shape index (κ3) is 4.77. The molecule has 1 aliphatic carbocycles. The Bertz CT molecular complexity index is 1190. The molecule has 32 heavy (non-hydrogen) atoms. The minimum absolute atomic E-state index is 0.0427. The highest BCUT2D eigenvalue weighted by molar-refractivity contribution is 7.90. The molecule has 10 heteroatoms. The van der Waals surface area contributed by atoms with Crippen LogP contribution in [-0.2, 0) is 14.6 Å². The molecule has 0 amide bonds. The number of aliphatic hydroxyl groups excluding tert-OH is 1. The van der Waals surface area contributed by atoms with E-state index in [1.165, 1.54) is 6.07 Å². The summed E-state index contributed by atoms with van der Waals surface area (Å²) in [4.78, 5) is 8.63. The summed E-state index contributed by atoms with van der Waals surface area (Å²) in [5.74, 6) is 0.772. The molecule has 1 saturated carbocycles. The van der Waals surface area contributed by atoms with Gasteiger partial charge in [-0.15, -0.1) is 5.10 Å². The second-order valence-corrected chi connectivity index (χ2v) is 10.5. The second-order valence-electron chi connectivity index (χ2n) is 8.53. The smallest absolute Gasteiger partial charge is 0.241 e. The largest absolute Gasteiger partial charge is 0.393 e. The van der Waals surface area contributed by atoms with Crippen LogP contribution in [0.2, 0.25) is 0 Å². The van der Waals surface area contributed by atoms with Crippen LogP contribution in [0.25, 0.3) is 16.6 Å². The molecule has 1 fully saturated rings. The van der Waals surface area contributed by atoms with Gasteiger partial charge in [0.2, 0.25) is 5.95 Å². The molecule has 0 spiro atoms. The second kappa shape index (κ2) is 9.13. The summed E-state index contributed by atoms with van der Waals surface area (Å²) in [5, 5.41) is 18.0. The predicted octanol–water partition coefficient (Wildman–Crippen LogP) is 2.66. The van der Waals surface area contributed by atoms with Gasteiger partial charge in [-0.05, 0) is 50.8 Å². The molecule has 9 nitrogen and oxygen atoms in total. The standard InChI is InChI=1S/C22H29N5O4S/c1-14(13-31-2)25-22-24-12-20-18(16-6-9-21(23-11-16)32(3,29)30)10-19(27(20)26-22)15-4-7-17(28)8-5-15/h6,9-12,14-15,17,28H,4-5,7-8,13H2,1-3H3,(H,25,26)/t14-,15-,17-/m0/s1. The van der Waals surface area contributed by atoms with Crippen molar-refractivity contribution in [1.29, 1.82) is 0 Å². The van der Waals surface area contributed by atoms with E-state index < -0.39 is 9.84 Å². The molecule has 0 aromatic carbocycles. The number of anilines is 1. The number of sulfone groups is 1. The fourth-order valence-corrected chi connectivity index (χ4v) is 4.80. The van der Waals surface area contributed by atoms with Crippen LogP contribution in [0.15, 0.2) is 35.6 Å². The van der Waals surface area contributed by atoms with Crippen LogP contribution in [-0.4, -0.2) is 65.2 Å². The lowest BCUT2D eigenvalue weighted by atomic mass is 9.85. The lowest BCUT2D eigenvalue weighted by molar-refractivity contribution is 0.121. The van der Waals surface area contributed by atoms with Gasteiger partial charge in [0, 0.05) is 48.3 Å². The average molecular weight is 460 g/mol. The van der Waals surface area contributed by atoms with Crippen LogP contribution >= 0.6 is 0 Å². The first-order chi connectivity index (χ1) is 15.3. The number of rotatable bonds is 7. The molecule has 3 aromatic rings. The van der Waals surface area contributed by atoms with Crippen molar-refractivity contribution in [1.82, 2.24) is 19.6 Å². The van der Waals surface area contributed by atoms with E-state index in [0.717, 1.165) is 54.3 Å². The summed E-state index contributed by atoms with van der Waals surface area (Å²) in [6, 6.07) is 5.42. The van der Waals surface area contributed by atoms with E-state index in [1.807, 2.05) is 11.4 Å². The minimum Gasteiger partial charge on any atom is -0.393 e. The summed E-state index contributed by atoms with van der Waals surface area (Å²) in [6.45, 7) is 2.53. The predicted molar refractivity (Wildman–Crippen MR) is 122 cm³/mol. The Morgan fingerprint density at radius 2 is 1.97 bits per heavy atom. The summed E-state index contributed by atoms with van der Waals surface area (Å²) in [7, 11) is -1.71. The fraction of sp³-hybridized carbons (Fsp3) is 0.500. The maximum atomic E-state index is 11.8. The molecule has 0 bridgehead atoms. The number of methoxy groups -OCH3 is 1. The van der Waals surface area contributed by atoms with Crippen molar-refractivity contribution < 1.29 is 18.3 Å². The van der Waals surface area contributed by atoms with Crippen molar-refractivity contribution in [2.75, 3.05) is 25.3 Å². The number of nitrogens with one attached hydrogen (secondary N) is 1. The van der Waals surface area contributed by atoms with E-state index in [4.69, 9.17) is 9.84 Å². The van der Waals surface area contributed by atoms with E-state index in [9.17, 15) is 13.5 Å². The topological polar surface area (TPSA) is 119 Å². The molecule has 2 N–H and O–H groups in total. The fourth-order valence-electron chi connectivity index (χ4n) is 4.25. The zero-order valence-electron chi connectivity index (χ0n) is 18.5. The van der Waals surface area contributed by atoms with Crippen molar-refractivity contribution in [3.05, 3.63) is 36.3 Å². The number of nitrogens with zero attached hydrogens (tertiary/aromatic N) is 4. The highest BCUT2D eigenvalue weighted by Crippen LogP contribution is 2.37. The number of hydrogen-bond donors (Lipinski definition) is 2. The Balaban J connectivity index is 1.77. The molecular weight excluding hydrogens is 430 g/mol. The molecule has 172 valence electrons. The maximum absolute atomic E-state index is 11.8. The van der Waals surface area contributed by atoms with Gasteiger partial charge in [0.1, 0.15) is 0 Å². The molecule has 0 unspecified atom stereocenters. The van der Waals surface area contributed by atoms with Crippen molar-refractivity contribution in [2.24, 2.45) is 0 Å². The lowest BCUT2D eigenvalue weighted by Crippen LogP contribution is -2.23. The first-order valence-electron chi connectivity index (χ1n) is 10.7. The first-order valence-corrected chi connectivity index (χ1v) is 12.6. The summed E-state index contributed by atoms with van der Waals surface area (Å²) >= 11 is 0. The number of fused-ring (bicyclic) bond motifs is 1. The van der Waals surface area contributed by atoms with Gasteiger partial charge in [-0.2, -0.15) is 0 Å². The van der Waals surface area contributed by atoms with Gasteiger partial charge in [0.15, 0.2) is 14.9 Å². The Hall–Kier alpha value is -2.56. The molecule has 1 atom stereocenters. The summed E-state index contributed by atoms with van der Waals surface area (Å²) < 4.78 is 30.7. The van der Waals surface area contributed by atoms with E-state index in [-0.39, 0.29) is 23.1 Å². The normalized spacial score (nSPS) is 20.4. The first kappa shape index (κ1) is 22.6. The highest BCUT2D eigenvalue weighted by atomic mass is 32.2. The molecular formula is C22H29N5O4S. The lowest BCUT2D eigenvalue weighted by Gasteiger charge is -2.25. The van der Waals surface area contributed by atoms with Crippen LogP contribution in [0.4, 0.5) is 5.95 Å². The molecule has 4 rings (SSSR count). The van der Waals surface area contributed by atoms with Gasteiger partial charge in [0.05, 0.1) is 24.4 Å². The summed E-state index contributed by atoms with van der Waals surface area (Å²) in [6.07, 6.45) is 7.54. The van der Waals surface area contributed by atoms with E-state index in [2.05, 4.69) is 21.4 Å². The number of aromatic nitrogens is 4. The monoisotopic (exact) mass is 459 g/mol. The van der Waals surface area contributed by atoms with E-state index in [1.54, 1.807) is 25.6 Å². The molecule has 3 heterocycles. The van der Waals surface area contributed by atoms with Gasteiger partial charge >= 0.3 is 0 Å². The summed E-state index contributed by atoms with van der Waals surface area (Å²) in [5.41, 5.74) is 3.58. The van der Waals surface area contributed by atoms with Crippen LogP contribution < -0.4 is 5.32 Å². The van der Waals surface area contributed by atoms with Crippen LogP contribution in [0.5, 0.6) is 0 Å². The van der Waals surface area contributed by atoms with Gasteiger partial charge in [-0.25, -0.2) is 22.9 Å². The highest BCUT2D eigenvalue weighted by Gasteiger charge is 2.26. The maximum Gasteiger partial charge on any atom is 0.241 e. The molecule has 0 radical (unpaired) electrons. The van der Waals surface area contributed by atoms with Crippen molar-refractivity contribution in [3.8, 4) is 11.1 Å². The Kier molecular flexibility index (Phi) is 6.45.